The predicted octanol–water partition coefficient (Wildman–Crippen LogP) is 2.64. The molecule has 0 aliphatic rings. The number of hydrogen-bond donors (Lipinski definition) is 0. The highest BCUT2D eigenvalue weighted by Gasteiger charge is 2.01. The van der Waals surface area contributed by atoms with Crippen LogP contribution in [0.4, 0.5) is 0 Å². The molecule has 2 rings (SSSR count). The molecule has 11 heavy (non-hydrogen) atoms. The van der Waals surface area contributed by atoms with E-state index in [1.807, 2.05) is 6.07 Å². The molecule has 0 aromatic carbocycles. The van der Waals surface area contributed by atoms with Crippen molar-refractivity contribution in [3.63, 3.8) is 0 Å². The molecule has 0 atom stereocenters. The Kier molecular flexibility index (Phi) is 1.51. The summed E-state index contributed by atoms with van der Waals surface area (Å²) < 4.78 is 1.77. The van der Waals surface area contributed by atoms with Gasteiger partial charge in [0.15, 0.2) is 5.15 Å². The third kappa shape index (κ3) is 0.988. The largest absolute Gasteiger partial charge is 0.303 e. The summed E-state index contributed by atoms with van der Waals surface area (Å²) in [5.41, 5.74) is 0.833. The van der Waals surface area contributed by atoms with E-state index in [0.717, 1.165) is 5.52 Å². The maximum atomic E-state index is 5.82. The quantitative estimate of drug-likeness (QED) is 0.619. The van der Waals surface area contributed by atoms with E-state index in [1.165, 1.54) is 0 Å². The van der Waals surface area contributed by atoms with Gasteiger partial charge in [-0.25, -0.2) is 4.98 Å². The Morgan fingerprint density at radius 2 is 2.09 bits per heavy atom. The normalized spacial score (nSPS) is 10.7. The van der Waals surface area contributed by atoms with Gasteiger partial charge in [-0.2, -0.15) is 0 Å². The van der Waals surface area contributed by atoms with Crippen LogP contribution in [0, 0.1) is 0 Å². The van der Waals surface area contributed by atoms with Crippen LogP contribution in [0.5, 0.6) is 0 Å². The van der Waals surface area contributed by atoms with Gasteiger partial charge in [0.1, 0.15) is 5.15 Å². The number of rotatable bonds is 0. The van der Waals surface area contributed by atoms with Crippen molar-refractivity contribution in [2.24, 2.45) is 0 Å². The molecule has 0 saturated carbocycles. The molecule has 0 N–H and O–H groups in total. The molecule has 0 unspecified atom stereocenters. The van der Waals surface area contributed by atoms with Crippen LogP contribution in [0.3, 0.4) is 0 Å². The summed E-state index contributed by atoms with van der Waals surface area (Å²) in [6.07, 6.45) is 3.38. The second-order valence-electron chi connectivity index (χ2n) is 2.13. The minimum absolute atomic E-state index is 0.472. The Morgan fingerprint density at radius 3 is 2.82 bits per heavy atom. The van der Waals surface area contributed by atoms with Crippen molar-refractivity contribution in [2.75, 3.05) is 0 Å². The SMILES string of the molecule is Clc1nccn2c(Cl)ccc12. The minimum atomic E-state index is 0.472. The number of nitrogens with zero attached hydrogens (tertiary/aromatic N) is 2. The molecule has 0 spiro atoms. The van der Waals surface area contributed by atoms with E-state index in [4.69, 9.17) is 23.2 Å². The zero-order valence-corrected chi connectivity index (χ0v) is 6.97. The Morgan fingerprint density at radius 1 is 1.27 bits per heavy atom. The van der Waals surface area contributed by atoms with E-state index < -0.39 is 0 Å². The monoisotopic (exact) mass is 186 g/mol. The lowest BCUT2D eigenvalue weighted by Gasteiger charge is -1.95. The average molecular weight is 187 g/mol. The van der Waals surface area contributed by atoms with E-state index >= 15 is 0 Å². The summed E-state index contributed by atoms with van der Waals surface area (Å²) in [5, 5.41) is 1.11. The van der Waals surface area contributed by atoms with Gasteiger partial charge in [0, 0.05) is 12.4 Å². The number of halogens is 2. The lowest BCUT2D eigenvalue weighted by atomic mass is 10.5. The molecule has 2 aromatic heterocycles. The topological polar surface area (TPSA) is 17.3 Å². The third-order valence-corrected chi connectivity index (χ3v) is 2.08. The highest BCUT2D eigenvalue weighted by Crippen LogP contribution is 2.19. The molecule has 0 fully saturated rings. The average Bonchev–Trinajstić information content (AvgIpc) is 2.35. The van der Waals surface area contributed by atoms with E-state index in [1.54, 1.807) is 22.9 Å². The van der Waals surface area contributed by atoms with Crippen LogP contribution in [0.15, 0.2) is 24.5 Å². The lowest BCUT2D eigenvalue weighted by molar-refractivity contribution is 1.14. The fourth-order valence-electron chi connectivity index (χ4n) is 0.975. The molecule has 0 aliphatic heterocycles. The summed E-state index contributed by atoms with van der Waals surface area (Å²) >= 11 is 11.6. The summed E-state index contributed by atoms with van der Waals surface area (Å²) in [6, 6.07) is 3.61. The summed E-state index contributed by atoms with van der Waals surface area (Å²) in [4.78, 5) is 3.91. The van der Waals surface area contributed by atoms with Crippen molar-refractivity contribution in [3.05, 3.63) is 34.8 Å². The molecule has 0 radical (unpaired) electrons. The standard InChI is InChI=1S/C7H4Cl2N2/c8-6-2-1-5-7(9)10-3-4-11(5)6/h1-4H. The van der Waals surface area contributed by atoms with Gasteiger partial charge in [-0.05, 0) is 12.1 Å². The number of fused-ring (bicyclic) bond motifs is 1. The highest BCUT2D eigenvalue weighted by atomic mass is 35.5. The second-order valence-corrected chi connectivity index (χ2v) is 2.87. The first-order valence-electron chi connectivity index (χ1n) is 3.06. The van der Waals surface area contributed by atoms with Crippen molar-refractivity contribution < 1.29 is 0 Å². The molecule has 0 aliphatic carbocycles. The highest BCUT2D eigenvalue weighted by molar-refractivity contribution is 6.33. The maximum Gasteiger partial charge on any atom is 0.153 e. The Labute approximate surface area is 73.4 Å². The zero-order chi connectivity index (χ0) is 7.84. The van der Waals surface area contributed by atoms with E-state index in [-0.39, 0.29) is 0 Å². The van der Waals surface area contributed by atoms with Crippen LogP contribution in [0.2, 0.25) is 10.3 Å². The molecule has 0 bridgehead atoms. The predicted molar refractivity (Wildman–Crippen MR) is 45.2 cm³/mol. The summed E-state index contributed by atoms with van der Waals surface area (Å²) in [7, 11) is 0. The first-order valence-corrected chi connectivity index (χ1v) is 3.82. The second kappa shape index (κ2) is 2.40. The van der Waals surface area contributed by atoms with Crippen LogP contribution in [-0.4, -0.2) is 9.38 Å². The third-order valence-electron chi connectivity index (χ3n) is 1.48. The molecule has 2 heterocycles. The Bertz CT molecular complexity index is 394. The minimum Gasteiger partial charge on any atom is -0.303 e. The van der Waals surface area contributed by atoms with Crippen molar-refractivity contribution in [1.82, 2.24) is 9.38 Å². The van der Waals surface area contributed by atoms with Gasteiger partial charge in [0.2, 0.25) is 0 Å². The van der Waals surface area contributed by atoms with Gasteiger partial charge in [-0.15, -0.1) is 0 Å². The van der Waals surface area contributed by atoms with Crippen LogP contribution >= 0.6 is 23.2 Å². The van der Waals surface area contributed by atoms with E-state index in [2.05, 4.69) is 4.98 Å². The van der Waals surface area contributed by atoms with Crippen molar-refractivity contribution in [2.45, 2.75) is 0 Å². The fraction of sp³-hybridized carbons (Fsp3) is 0. The molecule has 56 valence electrons. The first-order chi connectivity index (χ1) is 5.29. The van der Waals surface area contributed by atoms with Crippen LogP contribution in [-0.2, 0) is 0 Å². The fourth-order valence-corrected chi connectivity index (χ4v) is 1.40. The van der Waals surface area contributed by atoms with Gasteiger partial charge in [-0.1, -0.05) is 23.2 Å². The van der Waals surface area contributed by atoms with Crippen molar-refractivity contribution >= 4 is 28.7 Å². The molecule has 0 saturated heterocycles. The molecule has 2 nitrogen and oxygen atoms in total. The maximum absolute atomic E-state index is 5.82. The zero-order valence-electron chi connectivity index (χ0n) is 5.46. The number of aromatic nitrogens is 2. The molecular weight excluding hydrogens is 183 g/mol. The van der Waals surface area contributed by atoms with Crippen LogP contribution < -0.4 is 0 Å². The summed E-state index contributed by atoms with van der Waals surface area (Å²) in [6.45, 7) is 0. The van der Waals surface area contributed by atoms with Gasteiger partial charge < -0.3 is 4.40 Å². The van der Waals surface area contributed by atoms with Crippen LogP contribution in [0.25, 0.3) is 5.52 Å². The van der Waals surface area contributed by atoms with E-state index in [0.29, 0.717) is 10.3 Å². The molecular formula is C7H4Cl2N2. The Balaban J connectivity index is 2.94. The van der Waals surface area contributed by atoms with Crippen LogP contribution in [0.1, 0.15) is 0 Å². The van der Waals surface area contributed by atoms with Gasteiger partial charge in [0.25, 0.3) is 0 Å². The lowest BCUT2D eigenvalue weighted by Crippen LogP contribution is -1.85. The van der Waals surface area contributed by atoms with Gasteiger partial charge >= 0.3 is 0 Å². The molecule has 2 aromatic rings. The molecule has 0 amide bonds. The Hall–Kier alpha value is -0.730. The van der Waals surface area contributed by atoms with E-state index in [9.17, 15) is 0 Å². The smallest absolute Gasteiger partial charge is 0.153 e. The van der Waals surface area contributed by atoms with Crippen molar-refractivity contribution in [3.8, 4) is 0 Å². The number of hydrogen-bond acceptors (Lipinski definition) is 1. The van der Waals surface area contributed by atoms with Gasteiger partial charge in [0.05, 0.1) is 5.52 Å². The van der Waals surface area contributed by atoms with Crippen molar-refractivity contribution in [1.29, 1.82) is 0 Å². The summed E-state index contributed by atoms with van der Waals surface area (Å²) in [5.74, 6) is 0. The van der Waals surface area contributed by atoms with Gasteiger partial charge in [-0.3, -0.25) is 0 Å². The molecule has 4 heteroatoms. The first kappa shape index (κ1) is 6.95.